The normalized spacial score (nSPS) is 17.4. The first kappa shape index (κ1) is 15.3. The molecule has 0 atom stereocenters. The van der Waals surface area contributed by atoms with Crippen molar-refractivity contribution in [1.82, 2.24) is 9.80 Å². The van der Waals surface area contributed by atoms with Crippen molar-refractivity contribution in [2.24, 2.45) is 5.73 Å². The highest BCUT2D eigenvalue weighted by molar-refractivity contribution is 5.37. The first-order chi connectivity index (χ1) is 9.76. The van der Waals surface area contributed by atoms with Gasteiger partial charge in [0, 0.05) is 44.8 Å². The number of nitrogens with two attached hydrogens (primary N) is 1. The van der Waals surface area contributed by atoms with Gasteiger partial charge in [0.15, 0.2) is 0 Å². The Hall–Kier alpha value is -1.10. The van der Waals surface area contributed by atoms with Gasteiger partial charge >= 0.3 is 0 Å². The zero-order valence-corrected chi connectivity index (χ0v) is 12.8. The van der Waals surface area contributed by atoms with Crippen molar-refractivity contribution in [3.8, 4) is 5.75 Å². The second kappa shape index (κ2) is 7.62. The summed E-state index contributed by atoms with van der Waals surface area (Å²) in [6, 6.07) is 6.38. The molecule has 1 saturated heterocycles. The van der Waals surface area contributed by atoms with E-state index in [1.807, 2.05) is 0 Å². The van der Waals surface area contributed by atoms with Crippen LogP contribution >= 0.6 is 0 Å². The summed E-state index contributed by atoms with van der Waals surface area (Å²) < 4.78 is 5.41. The van der Waals surface area contributed by atoms with Gasteiger partial charge in [-0.3, -0.25) is 4.90 Å². The predicted molar refractivity (Wildman–Crippen MR) is 82.9 cm³/mol. The maximum Gasteiger partial charge on any atom is 0.123 e. The number of hydrogen-bond donors (Lipinski definition) is 1. The van der Waals surface area contributed by atoms with Gasteiger partial charge in [0.05, 0.1) is 7.11 Å². The predicted octanol–water partition coefficient (Wildman–Crippen LogP) is 1.68. The Kier molecular flexibility index (Phi) is 5.83. The molecule has 2 rings (SSSR count). The number of hydrogen-bond acceptors (Lipinski definition) is 4. The zero-order valence-electron chi connectivity index (χ0n) is 12.8. The molecule has 2 N–H and O–H groups in total. The van der Waals surface area contributed by atoms with E-state index in [4.69, 9.17) is 10.5 Å². The Labute approximate surface area is 122 Å². The number of benzene rings is 1. The fraction of sp³-hybridized carbons (Fsp3) is 0.625. The smallest absolute Gasteiger partial charge is 0.123 e. The van der Waals surface area contributed by atoms with Crippen molar-refractivity contribution >= 4 is 0 Å². The lowest BCUT2D eigenvalue weighted by Gasteiger charge is -2.34. The van der Waals surface area contributed by atoms with Gasteiger partial charge in [-0.05, 0) is 24.6 Å². The molecule has 0 aliphatic carbocycles. The minimum atomic E-state index is 0.527. The van der Waals surface area contributed by atoms with Gasteiger partial charge in [-0.1, -0.05) is 19.1 Å². The van der Waals surface area contributed by atoms with Gasteiger partial charge in [-0.2, -0.15) is 0 Å². The Morgan fingerprint density at radius 3 is 2.45 bits per heavy atom. The largest absolute Gasteiger partial charge is 0.496 e. The van der Waals surface area contributed by atoms with Crippen LogP contribution < -0.4 is 10.5 Å². The van der Waals surface area contributed by atoms with Gasteiger partial charge < -0.3 is 15.4 Å². The van der Waals surface area contributed by atoms with Crippen LogP contribution in [0.25, 0.3) is 0 Å². The molecule has 0 spiro atoms. The van der Waals surface area contributed by atoms with Crippen LogP contribution in [-0.4, -0.2) is 49.6 Å². The lowest BCUT2D eigenvalue weighted by Crippen LogP contribution is -2.45. The van der Waals surface area contributed by atoms with E-state index in [9.17, 15) is 0 Å². The van der Waals surface area contributed by atoms with Crippen LogP contribution in [0.3, 0.4) is 0 Å². The van der Waals surface area contributed by atoms with Gasteiger partial charge in [-0.15, -0.1) is 0 Å². The fourth-order valence-electron chi connectivity index (χ4n) is 2.80. The van der Waals surface area contributed by atoms with Crippen LogP contribution in [0.2, 0.25) is 0 Å². The summed E-state index contributed by atoms with van der Waals surface area (Å²) in [4.78, 5) is 5.07. The first-order valence-corrected chi connectivity index (χ1v) is 7.57. The van der Waals surface area contributed by atoms with E-state index in [0.717, 1.165) is 30.9 Å². The lowest BCUT2D eigenvalue weighted by atomic mass is 10.1. The SMILES string of the molecule is CCCN1CCN(Cc2ccc(CN)c(OC)c2)CC1. The van der Waals surface area contributed by atoms with E-state index in [0.29, 0.717) is 6.54 Å². The van der Waals surface area contributed by atoms with E-state index < -0.39 is 0 Å². The highest BCUT2D eigenvalue weighted by Gasteiger charge is 2.16. The standard InChI is InChI=1S/C16H27N3O/c1-3-6-18-7-9-19(10-8-18)13-14-4-5-15(12-17)16(11-14)20-2/h4-5,11H,3,6-10,12-13,17H2,1-2H3. The molecule has 1 fully saturated rings. The van der Waals surface area contributed by atoms with Crippen molar-refractivity contribution in [2.75, 3.05) is 39.8 Å². The molecule has 1 aromatic rings. The minimum Gasteiger partial charge on any atom is -0.496 e. The Morgan fingerprint density at radius 2 is 1.85 bits per heavy atom. The average molecular weight is 277 g/mol. The summed E-state index contributed by atoms with van der Waals surface area (Å²) >= 11 is 0. The van der Waals surface area contributed by atoms with Crippen LogP contribution in [0.15, 0.2) is 18.2 Å². The van der Waals surface area contributed by atoms with Crippen LogP contribution in [-0.2, 0) is 13.1 Å². The summed E-state index contributed by atoms with van der Waals surface area (Å²) in [5.74, 6) is 0.912. The molecular weight excluding hydrogens is 250 g/mol. The maximum atomic E-state index is 5.71. The molecule has 1 aliphatic rings. The Morgan fingerprint density at radius 1 is 1.15 bits per heavy atom. The molecule has 1 aliphatic heterocycles. The van der Waals surface area contributed by atoms with Crippen LogP contribution in [0, 0.1) is 0 Å². The third-order valence-electron chi connectivity index (χ3n) is 3.98. The molecule has 0 unspecified atom stereocenters. The van der Waals surface area contributed by atoms with E-state index in [2.05, 4.69) is 34.9 Å². The van der Waals surface area contributed by atoms with Crippen molar-refractivity contribution < 1.29 is 4.74 Å². The van der Waals surface area contributed by atoms with Gasteiger partial charge in [0.2, 0.25) is 0 Å². The summed E-state index contributed by atoms with van der Waals surface area (Å²) in [5, 5.41) is 0. The van der Waals surface area contributed by atoms with Gasteiger partial charge in [0.25, 0.3) is 0 Å². The Balaban J connectivity index is 1.91. The summed E-state index contributed by atoms with van der Waals surface area (Å²) in [7, 11) is 1.71. The number of methoxy groups -OCH3 is 1. The van der Waals surface area contributed by atoms with E-state index in [-0.39, 0.29) is 0 Å². The average Bonchev–Trinajstić information content (AvgIpc) is 2.49. The molecule has 0 amide bonds. The maximum absolute atomic E-state index is 5.71. The Bertz CT molecular complexity index is 414. The van der Waals surface area contributed by atoms with Crippen molar-refractivity contribution in [1.29, 1.82) is 0 Å². The monoisotopic (exact) mass is 277 g/mol. The first-order valence-electron chi connectivity index (χ1n) is 7.57. The van der Waals surface area contributed by atoms with Crippen molar-refractivity contribution in [3.63, 3.8) is 0 Å². The topological polar surface area (TPSA) is 41.7 Å². The molecule has 0 aromatic heterocycles. The highest BCUT2D eigenvalue weighted by atomic mass is 16.5. The summed E-state index contributed by atoms with van der Waals surface area (Å²) in [6.07, 6.45) is 1.25. The zero-order chi connectivity index (χ0) is 14.4. The molecule has 1 heterocycles. The van der Waals surface area contributed by atoms with Crippen molar-refractivity contribution in [3.05, 3.63) is 29.3 Å². The number of rotatable bonds is 6. The minimum absolute atomic E-state index is 0.527. The quantitative estimate of drug-likeness (QED) is 0.859. The van der Waals surface area contributed by atoms with Crippen molar-refractivity contribution in [2.45, 2.75) is 26.4 Å². The molecule has 1 aromatic carbocycles. The number of ether oxygens (including phenoxy) is 1. The summed E-state index contributed by atoms with van der Waals surface area (Å²) in [6.45, 7) is 9.68. The molecule has 0 bridgehead atoms. The second-order valence-electron chi connectivity index (χ2n) is 5.47. The summed E-state index contributed by atoms with van der Waals surface area (Å²) in [5.41, 5.74) is 8.09. The van der Waals surface area contributed by atoms with Crippen LogP contribution in [0.4, 0.5) is 0 Å². The van der Waals surface area contributed by atoms with Gasteiger partial charge in [0.1, 0.15) is 5.75 Å². The molecule has 4 heteroatoms. The second-order valence-corrected chi connectivity index (χ2v) is 5.47. The van der Waals surface area contributed by atoms with E-state index in [1.165, 1.54) is 31.6 Å². The van der Waals surface area contributed by atoms with Crippen LogP contribution in [0.5, 0.6) is 5.75 Å². The van der Waals surface area contributed by atoms with Crippen LogP contribution in [0.1, 0.15) is 24.5 Å². The molecule has 4 nitrogen and oxygen atoms in total. The molecule has 20 heavy (non-hydrogen) atoms. The molecule has 112 valence electrons. The van der Waals surface area contributed by atoms with E-state index in [1.54, 1.807) is 7.11 Å². The lowest BCUT2D eigenvalue weighted by molar-refractivity contribution is 0.127. The third kappa shape index (κ3) is 3.95. The number of nitrogens with zero attached hydrogens (tertiary/aromatic N) is 2. The fourth-order valence-corrected chi connectivity index (χ4v) is 2.80. The van der Waals surface area contributed by atoms with E-state index >= 15 is 0 Å². The number of piperazine rings is 1. The highest BCUT2D eigenvalue weighted by Crippen LogP contribution is 2.21. The van der Waals surface area contributed by atoms with Gasteiger partial charge in [-0.25, -0.2) is 0 Å². The molecular formula is C16H27N3O. The molecule has 0 saturated carbocycles. The third-order valence-corrected chi connectivity index (χ3v) is 3.98. The molecule has 0 radical (unpaired) electrons.